The number of fused-ring (bicyclic) bond motifs is 1. The maximum Gasteiger partial charge on any atom is 0.0207 e. The zero-order valence-corrected chi connectivity index (χ0v) is 13.4. The molecule has 1 aliphatic rings. The summed E-state index contributed by atoms with van der Waals surface area (Å²) in [4.78, 5) is 0. The fourth-order valence-corrected chi connectivity index (χ4v) is 3.79. The monoisotopic (exact) mass is 294 g/mol. The first-order chi connectivity index (χ1) is 7.76. The van der Waals surface area contributed by atoms with Crippen molar-refractivity contribution in [3.8, 4) is 0 Å². The van der Waals surface area contributed by atoms with Gasteiger partial charge in [0, 0.05) is 4.47 Å². The van der Waals surface area contributed by atoms with E-state index in [0.717, 1.165) is 0 Å². The summed E-state index contributed by atoms with van der Waals surface area (Å²) in [6, 6.07) is 4.75. The van der Waals surface area contributed by atoms with Crippen LogP contribution in [0, 0.1) is 18.8 Å². The molecule has 0 heterocycles. The summed E-state index contributed by atoms with van der Waals surface area (Å²) in [6.07, 6.45) is 0. The van der Waals surface area contributed by atoms with Crippen LogP contribution in [0.2, 0.25) is 0 Å². The first-order valence-electron chi connectivity index (χ1n) is 6.57. The fourth-order valence-electron chi connectivity index (χ4n) is 3.43. The van der Waals surface area contributed by atoms with Crippen molar-refractivity contribution in [2.24, 2.45) is 11.8 Å². The lowest BCUT2D eigenvalue weighted by Crippen LogP contribution is -2.25. The van der Waals surface area contributed by atoms with Crippen LogP contribution in [-0.4, -0.2) is 0 Å². The highest BCUT2D eigenvalue weighted by Gasteiger charge is 2.44. The lowest BCUT2D eigenvalue weighted by atomic mass is 9.74. The van der Waals surface area contributed by atoms with E-state index < -0.39 is 0 Å². The molecule has 2 unspecified atom stereocenters. The van der Waals surface area contributed by atoms with Crippen LogP contribution in [-0.2, 0) is 5.41 Å². The van der Waals surface area contributed by atoms with E-state index in [9.17, 15) is 0 Å². The van der Waals surface area contributed by atoms with Crippen LogP contribution >= 0.6 is 15.9 Å². The maximum atomic E-state index is 3.68. The van der Waals surface area contributed by atoms with Crippen molar-refractivity contribution in [3.63, 3.8) is 0 Å². The summed E-state index contributed by atoms with van der Waals surface area (Å²) in [6.45, 7) is 14.1. The largest absolute Gasteiger partial charge is 0.0622 e. The molecule has 0 amide bonds. The SMILES string of the molecule is Cc1cc2c(cc1Br)C(C(C)C)C(C)C2(C)C. The van der Waals surface area contributed by atoms with Gasteiger partial charge in [-0.2, -0.15) is 0 Å². The molecule has 2 rings (SSSR count). The summed E-state index contributed by atoms with van der Waals surface area (Å²) in [5.74, 6) is 2.11. The minimum absolute atomic E-state index is 0.301. The van der Waals surface area contributed by atoms with Gasteiger partial charge in [0.2, 0.25) is 0 Å². The van der Waals surface area contributed by atoms with E-state index in [4.69, 9.17) is 0 Å². The van der Waals surface area contributed by atoms with Gasteiger partial charge in [0.1, 0.15) is 0 Å². The van der Waals surface area contributed by atoms with E-state index >= 15 is 0 Å². The number of benzene rings is 1. The van der Waals surface area contributed by atoms with Crippen LogP contribution in [0.15, 0.2) is 16.6 Å². The third-order valence-electron chi connectivity index (χ3n) is 4.78. The van der Waals surface area contributed by atoms with Crippen molar-refractivity contribution in [2.45, 2.75) is 52.9 Å². The number of halogens is 1. The molecule has 0 aromatic heterocycles. The van der Waals surface area contributed by atoms with E-state index in [1.165, 1.54) is 10.0 Å². The van der Waals surface area contributed by atoms with Gasteiger partial charge < -0.3 is 0 Å². The molecule has 0 bridgehead atoms. The van der Waals surface area contributed by atoms with E-state index in [1.54, 1.807) is 11.1 Å². The summed E-state index contributed by atoms with van der Waals surface area (Å²) in [5, 5.41) is 0. The molecule has 1 heteroatoms. The van der Waals surface area contributed by atoms with E-state index in [2.05, 4.69) is 69.6 Å². The second kappa shape index (κ2) is 4.12. The molecule has 0 fully saturated rings. The Balaban J connectivity index is 2.66. The van der Waals surface area contributed by atoms with Gasteiger partial charge >= 0.3 is 0 Å². The van der Waals surface area contributed by atoms with E-state index in [1.807, 2.05) is 0 Å². The molecule has 1 aromatic rings. The Kier molecular flexibility index (Phi) is 3.18. The van der Waals surface area contributed by atoms with Crippen LogP contribution in [0.4, 0.5) is 0 Å². The van der Waals surface area contributed by atoms with Gasteiger partial charge in [-0.3, -0.25) is 0 Å². The van der Waals surface area contributed by atoms with Crippen molar-refractivity contribution >= 4 is 15.9 Å². The van der Waals surface area contributed by atoms with Crippen molar-refractivity contribution in [2.75, 3.05) is 0 Å². The smallest absolute Gasteiger partial charge is 0.0207 e. The zero-order chi connectivity index (χ0) is 13.0. The summed E-state index contributed by atoms with van der Waals surface area (Å²) in [5.41, 5.74) is 4.78. The number of rotatable bonds is 1. The van der Waals surface area contributed by atoms with Crippen molar-refractivity contribution < 1.29 is 0 Å². The second-order valence-corrected chi connectivity index (χ2v) is 7.32. The minimum atomic E-state index is 0.301. The lowest BCUT2D eigenvalue weighted by Gasteiger charge is -2.30. The zero-order valence-electron chi connectivity index (χ0n) is 11.8. The van der Waals surface area contributed by atoms with Gasteiger partial charge in [0.05, 0.1) is 0 Å². The quantitative estimate of drug-likeness (QED) is 0.648. The van der Waals surface area contributed by atoms with Crippen molar-refractivity contribution in [1.29, 1.82) is 0 Å². The van der Waals surface area contributed by atoms with Crippen LogP contribution in [0.5, 0.6) is 0 Å². The van der Waals surface area contributed by atoms with Gasteiger partial charge in [-0.25, -0.2) is 0 Å². The normalized spacial score (nSPS) is 26.4. The fraction of sp³-hybridized carbons (Fsp3) is 0.625. The predicted molar refractivity (Wildman–Crippen MR) is 78.6 cm³/mol. The Morgan fingerprint density at radius 2 is 1.82 bits per heavy atom. The van der Waals surface area contributed by atoms with Gasteiger partial charge in [0.15, 0.2) is 0 Å². The average molecular weight is 295 g/mol. The molecule has 0 spiro atoms. The molecule has 0 saturated carbocycles. The Hall–Kier alpha value is -0.300. The molecule has 94 valence electrons. The molecular formula is C16H23Br. The Morgan fingerprint density at radius 1 is 1.24 bits per heavy atom. The summed E-state index contributed by atoms with van der Waals surface area (Å²) >= 11 is 3.68. The molecule has 0 saturated heterocycles. The topological polar surface area (TPSA) is 0 Å². The van der Waals surface area contributed by atoms with Crippen LogP contribution < -0.4 is 0 Å². The molecule has 2 atom stereocenters. The number of hydrogen-bond acceptors (Lipinski definition) is 0. The van der Waals surface area contributed by atoms with Crippen LogP contribution in [0.25, 0.3) is 0 Å². The van der Waals surface area contributed by atoms with E-state index in [0.29, 0.717) is 23.2 Å². The maximum absolute atomic E-state index is 3.68. The Bertz CT molecular complexity index is 443. The van der Waals surface area contributed by atoms with Crippen LogP contribution in [0.1, 0.15) is 57.2 Å². The lowest BCUT2D eigenvalue weighted by molar-refractivity contribution is 0.286. The van der Waals surface area contributed by atoms with Crippen molar-refractivity contribution in [3.05, 3.63) is 33.3 Å². The van der Waals surface area contributed by atoms with Gasteiger partial charge in [-0.05, 0) is 52.8 Å². The standard InChI is InChI=1S/C16H23Br/c1-9(2)15-11(4)16(5,6)13-7-10(3)14(17)8-12(13)15/h7-9,11,15H,1-6H3. The predicted octanol–water partition coefficient (Wildman–Crippen LogP) is 5.42. The first kappa shape index (κ1) is 13.1. The first-order valence-corrected chi connectivity index (χ1v) is 7.36. The molecule has 0 nitrogen and oxygen atoms in total. The highest BCUT2D eigenvalue weighted by Crippen LogP contribution is 2.53. The molecular weight excluding hydrogens is 272 g/mol. The van der Waals surface area contributed by atoms with Crippen molar-refractivity contribution in [1.82, 2.24) is 0 Å². The highest BCUT2D eigenvalue weighted by atomic mass is 79.9. The third-order valence-corrected chi connectivity index (χ3v) is 5.63. The molecule has 0 N–H and O–H groups in total. The molecule has 0 radical (unpaired) electrons. The number of hydrogen-bond donors (Lipinski definition) is 0. The van der Waals surface area contributed by atoms with Crippen LogP contribution in [0.3, 0.4) is 0 Å². The van der Waals surface area contributed by atoms with E-state index in [-0.39, 0.29) is 0 Å². The number of aryl methyl sites for hydroxylation is 1. The Morgan fingerprint density at radius 3 is 2.35 bits per heavy atom. The Labute approximate surface area is 114 Å². The molecule has 1 aromatic carbocycles. The van der Waals surface area contributed by atoms with Gasteiger partial charge in [-0.1, -0.05) is 56.6 Å². The summed E-state index contributed by atoms with van der Waals surface area (Å²) in [7, 11) is 0. The average Bonchev–Trinajstić information content (AvgIpc) is 2.38. The minimum Gasteiger partial charge on any atom is -0.0622 e. The molecule has 0 aliphatic heterocycles. The highest BCUT2D eigenvalue weighted by molar-refractivity contribution is 9.10. The molecule has 17 heavy (non-hydrogen) atoms. The third kappa shape index (κ3) is 1.87. The van der Waals surface area contributed by atoms with Gasteiger partial charge in [-0.15, -0.1) is 0 Å². The summed E-state index contributed by atoms with van der Waals surface area (Å²) < 4.78 is 1.26. The molecule has 1 aliphatic carbocycles. The second-order valence-electron chi connectivity index (χ2n) is 6.47. The van der Waals surface area contributed by atoms with Gasteiger partial charge in [0.25, 0.3) is 0 Å².